The summed E-state index contributed by atoms with van der Waals surface area (Å²) in [6.07, 6.45) is 4.87. The summed E-state index contributed by atoms with van der Waals surface area (Å²) in [6, 6.07) is 6.20. The third kappa shape index (κ3) is 3.69. The molecular formula is C26H30ClN5O2. The number of nitrogens with zero attached hydrogens (tertiary/aromatic N) is 5. The number of nitriles is 1. The first-order chi connectivity index (χ1) is 16.1. The van der Waals surface area contributed by atoms with E-state index in [9.17, 15) is 10.1 Å². The maximum Gasteiger partial charge on any atom is 0.410 e. The van der Waals surface area contributed by atoms with Crippen LogP contribution in [0.1, 0.15) is 75.3 Å². The molecule has 0 bridgehead atoms. The fourth-order valence-electron chi connectivity index (χ4n) is 5.78. The summed E-state index contributed by atoms with van der Waals surface area (Å²) in [7, 11) is 0. The van der Waals surface area contributed by atoms with E-state index in [1.165, 1.54) is 5.56 Å². The summed E-state index contributed by atoms with van der Waals surface area (Å²) in [5, 5.41) is 10.5. The third-order valence-electron chi connectivity index (χ3n) is 7.41. The van der Waals surface area contributed by atoms with Crippen molar-refractivity contribution in [1.29, 1.82) is 5.26 Å². The van der Waals surface area contributed by atoms with Gasteiger partial charge in [0.15, 0.2) is 0 Å². The Labute approximate surface area is 205 Å². The van der Waals surface area contributed by atoms with Crippen molar-refractivity contribution >= 4 is 29.2 Å². The van der Waals surface area contributed by atoms with Crippen molar-refractivity contribution in [3.63, 3.8) is 0 Å². The molecule has 34 heavy (non-hydrogen) atoms. The van der Waals surface area contributed by atoms with Crippen molar-refractivity contribution in [3.8, 4) is 6.07 Å². The second kappa shape index (κ2) is 8.13. The van der Waals surface area contributed by atoms with Gasteiger partial charge in [-0.3, -0.25) is 0 Å². The van der Waals surface area contributed by atoms with E-state index >= 15 is 0 Å². The largest absolute Gasteiger partial charge is 0.444 e. The van der Waals surface area contributed by atoms with Crippen LogP contribution in [-0.2, 0) is 16.6 Å². The van der Waals surface area contributed by atoms with Crippen molar-refractivity contribution in [3.05, 3.63) is 45.9 Å². The molecule has 8 heteroatoms. The van der Waals surface area contributed by atoms with Gasteiger partial charge < -0.3 is 14.5 Å². The lowest BCUT2D eigenvalue weighted by Gasteiger charge is -2.40. The van der Waals surface area contributed by atoms with Crippen LogP contribution in [0.25, 0.3) is 0 Å². The lowest BCUT2D eigenvalue weighted by molar-refractivity contribution is 0.0171. The topological polar surface area (TPSA) is 82.3 Å². The Kier molecular flexibility index (Phi) is 5.48. The highest BCUT2D eigenvalue weighted by molar-refractivity contribution is 6.32. The first-order valence-corrected chi connectivity index (χ1v) is 12.3. The number of likely N-dealkylation sites (tertiary alicyclic amines) is 1. The molecule has 0 saturated carbocycles. The van der Waals surface area contributed by atoms with Crippen LogP contribution in [0.3, 0.4) is 0 Å². The molecule has 1 fully saturated rings. The first-order valence-electron chi connectivity index (χ1n) is 12.0. The highest BCUT2D eigenvalue weighted by Crippen LogP contribution is 2.53. The van der Waals surface area contributed by atoms with Crippen LogP contribution >= 0.6 is 11.6 Å². The minimum Gasteiger partial charge on any atom is -0.444 e. The summed E-state index contributed by atoms with van der Waals surface area (Å²) in [5.74, 6) is 1.33. The lowest BCUT2D eigenvalue weighted by Crippen LogP contribution is -2.48. The molecule has 1 saturated heterocycles. The standard InChI is InChI=1S/C26H30ClN5O2/c1-16-5-7-19-21(16)23(30-15-29-19)32-14-26(22-17(13-28)18(27)6-8-20(22)32)9-11-31(12-10-26)24(33)34-25(2,3)4/h6,8,15-16H,5,7,9-12,14H2,1-4H3/t16-/m1/s1. The Balaban J connectivity index is 1.54. The van der Waals surface area contributed by atoms with Crippen molar-refractivity contribution in [1.82, 2.24) is 14.9 Å². The van der Waals surface area contributed by atoms with Gasteiger partial charge in [-0.1, -0.05) is 18.5 Å². The smallest absolute Gasteiger partial charge is 0.410 e. The van der Waals surface area contributed by atoms with Gasteiger partial charge in [0.25, 0.3) is 0 Å². The summed E-state index contributed by atoms with van der Waals surface area (Å²) >= 11 is 6.52. The number of amides is 1. The predicted molar refractivity (Wildman–Crippen MR) is 131 cm³/mol. The molecular weight excluding hydrogens is 450 g/mol. The van der Waals surface area contributed by atoms with Crippen LogP contribution in [0, 0.1) is 11.3 Å². The Morgan fingerprint density at radius 2 is 2.00 bits per heavy atom. The number of rotatable bonds is 1. The van der Waals surface area contributed by atoms with E-state index in [-0.39, 0.29) is 11.5 Å². The number of piperidine rings is 1. The van der Waals surface area contributed by atoms with Gasteiger partial charge >= 0.3 is 6.09 Å². The molecule has 1 amide bonds. The number of hydrogen-bond donors (Lipinski definition) is 0. The number of aryl methyl sites for hydroxylation is 1. The van der Waals surface area contributed by atoms with Gasteiger partial charge in [0.05, 0.1) is 10.6 Å². The average Bonchev–Trinajstić information content (AvgIpc) is 3.32. The van der Waals surface area contributed by atoms with E-state index in [4.69, 9.17) is 21.3 Å². The number of aromatic nitrogens is 2. The van der Waals surface area contributed by atoms with Crippen molar-refractivity contribution < 1.29 is 9.53 Å². The molecule has 1 atom stereocenters. The third-order valence-corrected chi connectivity index (χ3v) is 7.72. The summed E-state index contributed by atoms with van der Waals surface area (Å²) in [6.45, 7) is 9.70. The van der Waals surface area contributed by atoms with Crippen LogP contribution < -0.4 is 4.90 Å². The molecule has 1 aliphatic carbocycles. The van der Waals surface area contributed by atoms with Crippen molar-refractivity contribution in [2.75, 3.05) is 24.5 Å². The molecule has 178 valence electrons. The maximum atomic E-state index is 12.7. The molecule has 1 aromatic carbocycles. The van der Waals surface area contributed by atoms with Crippen LogP contribution in [0.4, 0.5) is 16.3 Å². The number of hydrogen-bond acceptors (Lipinski definition) is 6. The fraction of sp³-hybridized carbons (Fsp3) is 0.538. The van der Waals surface area contributed by atoms with Gasteiger partial charge in [-0.15, -0.1) is 0 Å². The SMILES string of the molecule is C[C@@H]1CCc2ncnc(N3CC4(CCN(C(=O)OC(C)(C)C)CC4)c4c3ccc(Cl)c4C#N)c21. The number of anilines is 2. The summed E-state index contributed by atoms with van der Waals surface area (Å²) in [4.78, 5) is 26.0. The van der Waals surface area contributed by atoms with Crippen LogP contribution in [0.15, 0.2) is 18.5 Å². The molecule has 5 rings (SSSR count). The molecule has 3 aliphatic rings. The number of carbonyl (C=O) groups is 1. The Morgan fingerprint density at radius 1 is 1.26 bits per heavy atom. The molecule has 0 unspecified atom stereocenters. The zero-order valence-corrected chi connectivity index (χ0v) is 20.9. The second-order valence-corrected chi connectivity index (χ2v) is 11.2. The molecule has 1 spiro atoms. The van der Waals surface area contributed by atoms with E-state index in [1.807, 2.05) is 32.9 Å². The van der Waals surface area contributed by atoms with Gasteiger partial charge in [-0.05, 0) is 64.5 Å². The lowest BCUT2D eigenvalue weighted by atomic mass is 9.72. The van der Waals surface area contributed by atoms with Gasteiger partial charge in [-0.25, -0.2) is 14.8 Å². The van der Waals surface area contributed by atoms with Crippen molar-refractivity contribution in [2.24, 2.45) is 0 Å². The van der Waals surface area contributed by atoms with Crippen LogP contribution in [-0.4, -0.2) is 46.2 Å². The highest BCUT2D eigenvalue weighted by Gasteiger charge is 2.49. The second-order valence-electron chi connectivity index (χ2n) is 10.8. The molecule has 0 N–H and O–H groups in total. The molecule has 0 radical (unpaired) electrons. The monoisotopic (exact) mass is 479 g/mol. The minimum absolute atomic E-state index is 0.286. The fourth-order valence-corrected chi connectivity index (χ4v) is 5.98. The maximum absolute atomic E-state index is 12.7. The van der Waals surface area contributed by atoms with E-state index in [0.717, 1.165) is 48.4 Å². The van der Waals surface area contributed by atoms with Crippen LogP contribution in [0.2, 0.25) is 5.02 Å². The summed E-state index contributed by atoms with van der Waals surface area (Å²) < 4.78 is 5.60. The van der Waals surface area contributed by atoms with E-state index in [2.05, 4.69) is 22.9 Å². The molecule has 7 nitrogen and oxygen atoms in total. The van der Waals surface area contributed by atoms with E-state index in [1.54, 1.807) is 11.2 Å². The minimum atomic E-state index is -0.533. The van der Waals surface area contributed by atoms with Gasteiger partial charge in [0.1, 0.15) is 23.8 Å². The zero-order valence-electron chi connectivity index (χ0n) is 20.2. The number of carbonyl (C=O) groups excluding carboxylic acids is 1. The van der Waals surface area contributed by atoms with Gasteiger partial charge in [0, 0.05) is 47.6 Å². The molecule has 2 aliphatic heterocycles. The number of fused-ring (bicyclic) bond motifs is 3. The molecule has 1 aromatic heterocycles. The normalized spacial score (nSPS) is 20.8. The molecule has 3 heterocycles. The first kappa shape index (κ1) is 22.9. The number of benzene rings is 1. The number of halogens is 1. The Bertz CT molecular complexity index is 1190. The highest BCUT2D eigenvalue weighted by atomic mass is 35.5. The van der Waals surface area contributed by atoms with Crippen LogP contribution in [0.5, 0.6) is 0 Å². The molecule has 2 aromatic rings. The van der Waals surface area contributed by atoms with E-state index < -0.39 is 5.60 Å². The average molecular weight is 480 g/mol. The zero-order chi connectivity index (χ0) is 24.3. The Morgan fingerprint density at radius 3 is 2.68 bits per heavy atom. The number of ether oxygens (including phenoxy) is 1. The summed E-state index contributed by atoms with van der Waals surface area (Å²) in [5.41, 5.74) is 4.03. The van der Waals surface area contributed by atoms with Gasteiger partial charge in [0.2, 0.25) is 0 Å². The van der Waals surface area contributed by atoms with Crippen molar-refractivity contribution in [2.45, 2.75) is 70.3 Å². The van der Waals surface area contributed by atoms with Gasteiger partial charge in [-0.2, -0.15) is 5.26 Å². The van der Waals surface area contributed by atoms with E-state index in [0.29, 0.717) is 36.1 Å². The Hall–Kier alpha value is -2.85. The predicted octanol–water partition coefficient (Wildman–Crippen LogP) is 5.47. The quantitative estimate of drug-likeness (QED) is 0.539.